The van der Waals surface area contributed by atoms with Gasteiger partial charge in [0.1, 0.15) is 0 Å². The van der Waals surface area contributed by atoms with Crippen molar-refractivity contribution in [1.29, 1.82) is 0 Å². The molecule has 1 unspecified atom stereocenters. The Balaban J connectivity index is 1.79. The van der Waals surface area contributed by atoms with Gasteiger partial charge in [0.05, 0.1) is 10.4 Å². The van der Waals surface area contributed by atoms with Crippen LogP contribution in [0, 0.1) is 10.1 Å². The van der Waals surface area contributed by atoms with Crippen LogP contribution in [0.25, 0.3) is 10.9 Å². The summed E-state index contributed by atoms with van der Waals surface area (Å²) in [5.41, 5.74) is -2.45. The lowest BCUT2D eigenvalue weighted by atomic mass is 9.88. The van der Waals surface area contributed by atoms with E-state index in [2.05, 4.69) is 0 Å². The van der Waals surface area contributed by atoms with Crippen molar-refractivity contribution >= 4 is 16.6 Å². The third kappa shape index (κ3) is 4.74. The lowest BCUT2D eigenvalue weighted by molar-refractivity contribution is -0.384. The molecule has 1 saturated heterocycles. The monoisotopic (exact) mass is 461 g/mol. The Labute approximate surface area is 189 Å². The van der Waals surface area contributed by atoms with Gasteiger partial charge in [-0.1, -0.05) is 36.8 Å². The van der Waals surface area contributed by atoms with Gasteiger partial charge in [0.15, 0.2) is 5.60 Å². The summed E-state index contributed by atoms with van der Waals surface area (Å²) < 4.78 is 44.5. The summed E-state index contributed by atoms with van der Waals surface area (Å²) in [5.74, 6) is 0. The van der Waals surface area contributed by atoms with Gasteiger partial charge in [-0.05, 0) is 37.6 Å². The quantitative estimate of drug-likeness (QED) is 0.387. The van der Waals surface area contributed by atoms with Gasteiger partial charge in [0, 0.05) is 48.8 Å². The summed E-state index contributed by atoms with van der Waals surface area (Å²) in [6.07, 6.45) is -1.18. The molecular formula is C24H26F3N3O3. The Morgan fingerprint density at radius 1 is 1.03 bits per heavy atom. The maximum Gasteiger partial charge on any atom is 0.421 e. The third-order valence-electron chi connectivity index (χ3n) is 6.43. The van der Waals surface area contributed by atoms with E-state index in [4.69, 9.17) is 0 Å². The van der Waals surface area contributed by atoms with E-state index >= 15 is 0 Å². The van der Waals surface area contributed by atoms with E-state index in [9.17, 15) is 28.4 Å². The number of benzene rings is 2. The number of hydrogen-bond acceptors (Lipinski definition) is 4. The molecule has 0 aliphatic carbocycles. The number of non-ortho nitro benzene ring substituents is 1. The molecule has 1 aliphatic heterocycles. The van der Waals surface area contributed by atoms with Gasteiger partial charge in [0.2, 0.25) is 0 Å². The molecular weight excluding hydrogens is 435 g/mol. The van der Waals surface area contributed by atoms with E-state index < -0.39 is 23.1 Å². The van der Waals surface area contributed by atoms with Gasteiger partial charge in [-0.25, -0.2) is 0 Å². The summed E-state index contributed by atoms with van der Waals surface area (Å²) >= 11 is 0. The van der Waals surface area contributed by atoms with E-state index in [0.29, 0.717) is 0 Å². The van der Waals surface area contributed by atoms with Gasteiger partial charge >= 0.3 is 6.18 Å². The Morgan fingerprint density at radius 2 is 1.73 bits per heavy atom. The SMILES string of the molecule is O=[N+]([O-])c1ccc2c(C(O)(CCN3CCCCC3)C(F)(F)F)cn(Cc3ccccc3)c2c1. The van der Waals surface area contributed by atoms with Crippen LogP contribution in [-0.2, 0) is 12.1 Å². The number of piperidine rings is 1. The minimum absolute atomic E-state index is 0.119. The first-order valence-electron chi connectivity index (χ1n) is 11.0. The Hall–Kier alpha value is -2.91. The van der Waals surface area contributed by atoms with Crippen LogP contribution >= 0.6 is 0 Å². The molecule has 2 aromatic carbocycles. The van der Waals surface area contributed by atoms with Crippen LogP contribution < -0.4 is 0 Å². The van der Waals surface area contributed by atoms with E-state index in [1.54, 1.807) is 4.57 Å². The number of nitrogens with zero attached hydrogens (tertiary/aromatic N) is 3. The fraction of sp³-hybridized carbons (Fsp3) is 0.417. The smallest absolute Gasteiger partial charge is 0.376 e. The zero-order valence-electron chi connectivity index (χ0n) is 18.1. The van der Waals surface area contributed by atoms with Crippen molar-refractivity contribution in [3.8, 4) is 0 Å². The number of likely N-dealkylation sites (tertiary alicyclic amines) is 1. The molecule has 0 bridgehead atoms. The van der Waals surface area contributed by atoms with E-state index in [-0.39, 0.29) is 35.2 Å². The molecule has 0 saturated carbocycles. The molecule has 3 aromatic rings. The predicted octanol–water partition coefficient (Wildman–Crippen LogP) is 5.22. The molecule has 1 aliphatic rings. The molecule has 4 rings (SSSR count). The molecule has 0 radical (unpaired) electrons. The fourth-order valence-electron chi connectivity index (χ4n) is 4.57. The molecule has 1 fully saturated rings. The number of fused-ring (bicyclic) bond motifs is 1. The van der Waals surface area contributed by atoms with Crippen LogP contribution in [0.4, 0.5) is 18.9 Å². The highest BCUT2D eigenvalue weighted by atomic mass is 19.4. The number of halogens is 3. The van der Waals surface area contributed by atoms with Crippen molar-refractivity contribution in [2.24, 2.45) is 0 Å². The molecule has 33 heavy (non-hydrogen) atoms. The number of nitro groups is 1. The summed E-state index contributed by atoms with van der Waals surface area (Å²) in [4.78, 5) is 12.7. The number of rotatable bonds is 7. The van der Waals surface area contributed by atoms with Crippen LogP contribution in [0.5, 0.6) is 0 Å². The average molecular weight is 461 g/mol. The average Bonchev–Trinajstić information content (AvgIpc) is 3.16. The maximum absolute atomic E-state index is 14.3. The van der Waals surface area contributed by atoms with Gasteiger partial charge in [0.25, 0.3) is 5.69 Å². The summed E-state index contributed by atoms with van der Waals surface area (Å²) in [7, 11) is 0. The number of aromatic nitrogens is 1. The molecule has 1 aromatic heterocycles. The molecule has 2 heterocycles. The largest absolute Gasteiger partial charge is 0.421 e. The summed E-state index contributed by atoms with van der Waals surface area (Å²) in [6, 6.07) is 12.9. The Bertz CT molecular complexity index is 1120. The van der Waals surface area contributed by atoms with Crippen molar-refractivity contribution in [1.82, 2.24) is 9.47 Å². The van der Waals surface area contributed by atoms with Crippen molar-refractivity contribution in [3.05, 3.63) is 76.0 Å². The second-order valence-electron chi connectivity index (χ2n) is 8.63. The van der Waals surface area contributed by atoms with Crippen LogP contribution in [-0.4, -0.2) is 45.3 Å². The molecule has 1 N–H and O–H groups in total. The second-order valence-corrected chi connectivity index (χ2v) is 8.63. The third-order valence-corrected chi connectivity index (χ3v) is 6.43. The predicted molar refractivity (Wildman–Crippen MR) is 119 cm³/mol. The lowest BCUT2D eigenvalue weighted by Crippen LogP contribution is -2.45. The molecule has 0 amide bonds. The van der Waals surface area contributed by atoms with Gasteiger partial charge in [-0.15, -0.1) is 0 Å². The molecule has 0 spiro atoms. The number of aliphatic hydroxyl groups is 1. The number of nitro benzene ring substituents is 1. The highest BCUT2D eigenvalue weighted by Gasteiger charge is 2.56. The summed E-state index contributed by atoms with van der Waals surface area (Å²) in [6.45, 7) is 1.78. The van der Waals surface area contributed by atoms with Crippen molar-refractivity contribution in [2.45, 2.75) is 44.0 Å². The maximum atomic E-state index is 14.3. The summed E-state index contributed by atoms with van der Waals surface area (Å²) in [5, 5.41) is 22.6. The first-order valence-corrected chi connectivity index (χ1v) is 11.0. The number of hydrogen-bond donors (Lipinski definition) is 1. The first-order chi connectivity index (χ1) is 15.7. The fourth-order valence-corrected chi connectivity index (χ4v) is 4.57. The van der Waals surface area contributed by atoms with E-state index in [1.807, 2.05) is 35.2 Å². The second kappa shape index (κ2) is 9.15. The highest BCUT2D eigenvalue weighted by Crippen LogP contribution is 2.45. The van der Waals surface area contributed by atoms with Crippen LogP contribution in [0.2, 0.25) is 0 Å². The van der Waals surface area contributed by atoms with Gasteiger partial charge in [-0.3, -0.25) is 10.1 Å². The minimum atomic E-state index is -4.91. The first kappa shape index (κ1) is 23.3. The molecule has 1 atom stereocenters. The zero-order chi connectivity index (χ0) is 23.6. The highest BCUT2D eigenvalue weighted by molar-refractivity contribution is 5.87. The normalized spacial score (nSPS) is 17.2. The van der Waals surface area contributed by atoms with Crippen LogP contribution in [0.3, 0.4) is 0 Å². The van der Waals surface area contributed by atoms with Gasteiger partial charge < -0.3 is 14.6 Å². The lowest BCUT2D eigenvalue weighted by Gasteiger charge is -2.34. The van der Waals surface area contributed by atoms with Crippen LogP contribution in [0.1, 0.15) is 36.8 Å². The topological polar surface area (TPSA) is 71.5 Å². The number of alkyl halides is 3. The Morgan fingerprint density at radius 3 is 2.36 bits per heavy atom. The van der Waals surface area contributed by atoms with Crippen molar-refractivity contribution in [3.63, 3.8) is 0 Å². The Kier molecular flexibility index (Phi) is 6.45. The minimum Gasteiger partial charge on any atom is -0.376 e. The van der Waals surface area contributed by atoms with Crippen molar-refractivity contribution < 1.29 is 23.2 Å². The van der Waals surface area contributed by atoms with E-state index in [1.165, 1.54) is 24.4 Å². The van der Waals surface area contributed by atoms with Gasteiger partial charge in [-0.2, -0.15) is 13.2 Å². The molecule has 6 nitrogen and oxygen atoms in total. The van der Waals surface area contributed by atoms with E-state index in [0.717, 1.165) is 37.9 Å². The van der Waals surface area contributed by atoms with Crippen molar-refractivity contribution in [2.75, 3.05) is 19.6 Å². The standard InChI is InChI=1S/C24H26F3N3O3/c25-24(26,27)23(31,11-14-28-12-5-2-6-13-28)21-17-29(16-18-7-3-1-4-8-18)22-15-19(30(32)33)9-10-20(21)22/h1,3-4,7-10,15,17,31H,2,5-6,11-14,16H2. The van der Waals surface area contributed by atoms with Crippen LogP contribution in [0.15, 0.2) is 54.7 Å². The molecule has 176 valence electrons. The zero-order valence-corrected chi connectivity index (χ0v) is 18.1. The molecule has 9 heteroatoms.